The summed E-state index contributed by atoms with van der Waals surface area (Å²) in [6.45, 7) is 13.4. The number of nitrogens with one attached hydrogen (secondary N) is 1. The maximum absolute atomic E-state index is 12.1. The van der Waals surface area contributed by atoms with Gasteiger partial charge < -0.3 is 5.32 Å². The van der Waals surface area contributed by atoms with Crippen molar-refractivity contribution in [2.45, 2.75) is 64.7 Å². The third-order valence-corrected chi connectivity index (χ3v) is 6.24. The molecule has 0 amide bonds. The van der Waals surface area contributed by atoms with Crippen LogP contribution in [0.2, 0.25) is 0 Å². The maximum Gasteiger partial charge on any atom is 0.154 e. The summed E-state index contributed by atoms with van der Waals surface area (Å²) in [5, 5.41) is 3.36. The lowest BCUT2D eigenvalue weighted by atomic mass is 9.62. The normalized spacial score (nSPS) is 30.1. The van der Waals surface area contributed by atoms with Crippen molar-refractivity contribution in [3.05, 3.63) is 0 Å². The smallest absolute Gasteiger partial charge is 0.154 e. The maximum atomic E-state index is 12.1. The van der Waals surface area contributed by atoms with Gasteiger partial charge in [-0.1, -0.05) is 20.8 Å². The zero-order chi connectivity index (χ0) is 14.4. The second-order valence-corrected chi connectivity index (χ2v) is 10.4. The van der Waals surface area contributed by atoms with Gasteiger partial charge in [-0.25, -0.2) is 8.42 Å². The summed E-state index contributed by atoms with van der Waals surface area (Å²) in [5.74, 6) is 0.508. The van der Waals surface area contributed by atoms with Crippen LogP contribution < -0.4 is 5.32 Å². The minimum absolute atomic E-state index is 0.0372. The molecule has 0 unspecified atom stereocenters. The first-order chi connectivity index (χ1) is 7.77. The fourth-order valence-corrected chi connectivity index (χ4v) is 3.80. The van der Waals surface area contributed by atoms with Gasteiger partial charge in [-0.15, -0.1) is 0 Å². The van der Waals surface area contributed by atoms with Crippen LogP contribution in [0.5, 0.6) is 0 Å². The van der Waals surface area contributed by atoms with E-state index in [0.29, 0.717) is 12.5 Å². The molecule has 0 aromatic rings. The first-order valence-corrected chi connectivity index (χ1v) is 8.61. The first kappa shape index (κ1) is 16.0. The molecular weight excluding hydrogens is 246 g/mol. The largest absolute Gasteiger partial charge is 0.310 e. The minimum atomic E-state index is -3.01. The third-order valence-electron chi connectivity index (χ3n) is 4.19. The lowest BCUT2D eigenvalue weighted by molar-refractivity contribution is 0.0883. The standard InChI is InChI=1S/C14H29NO2S/c1-12(2,3)11-8-14(9-11,18(7,16)17)10-15-13(4,5)6/h11,15H,8-10H2,1-7H3. The van der Waals surface area contributed by atoms with Gasteiger partial charge in [-0.3, -0.25) is 0 Å². The van der Waals surface area contributed by atoms with Crippen molar-refractivity contribution in [3.8, 4) is 0 Å². The van der Waals surface area contributed by atoms with Gasteiger partial charge in [0.05, 0.1) is 4.75 Å². The summed E-state index contributed by atoms with van der Waals surface area (Å²) in [5.41, 5.74) is 0.167. The Hall–Kier alpha value is -0.0900. The van der Waals surface area contributed by atoms with Crippen molar-refractivity contribution in [2.24, 2.45) is 11.3 Å². The molecule has 1 N–H and O–H groups in total. The van der Waals surface area contributed by atoms with Crippen LogP contribution in [0.4, 0.5) is 0 Å². The predicted octanol–water partition coefficient (Wildman–Crippen LogP) is 2.61. The fourth-order valence-electron chi connectivity index (χ4n) is 2.46. The molecule has 1 saturated carbocycles. The number of hydrogen-bond acceptors (Lipinski definition) is 3. The zero-order valence-electron chi connectivity index (χ0n) is 12.9. The van der Waals surface area contributed by atoms with Crippen molar-refractivity contribution < 1.29 is 8.42 Å². The van der Waals surface area contributed by atoms with E-state index >= 15 is 0 Å². The van der Waals surface area contributed by atoms with Crippen LogP contribution in [0.25, 0.3) is 0 Å². The number of sulfone groups is 1. The van der Waals surface area contributed by atoms with Gasteiger partial charge in [0.15, 0.2) is 9.84 Å². The fraction of sp³-hybridized carbons (Fsp3) is 1.00. The Bertz CT molecular complexity index is 387. The average Bonchev–Trinajstić information content (AvgIpc) is 1.93. The highest BCUT2D eigenvalue weighted by Gasteiger charge is 2.54. The van der Waals surface area contributed by atoms with Gasteiger partial charge in [0.2, 0.25) is 0 Å². The first-order valence-electron chi connectivity index (χ1n) is 6.72. The van der Waals surface area contributed by atoms with E-state index in [4.69, 9.17) is 0 Å². The molecule has 0 spiro atoms. The highest BCUT2D eigenvalue weighted by Crippen LogP contribution is 2.51. The monoisotopic (exact) mass is 275 g/mol. The second-order valence-electron chi connectivity index (χ2n) is 8.03. The Morgan fingerprint density at radius 2 is 1.56 bits per heavy atom. The van der Waals surface area contributed by atoms with Gasteiger partial charge in [0, 0.05) is 18.3 Å². The second kappa shape index (κ2) is 4.48. The van der Waals surface area contributed by atoms with Crippen LogP contribution in [-0.4, -0.2) is 31.5 Å². The average molecular weight is 275 g/mol. The van der Waals surface area contributed by atoms with Crippen LogP contribution in [0.3, 0.4) is 0 Å². The van der Waals surface area contributed by atoms with E-state index in [1.54, 1.807) is 0 Å². The Labute approximate surface area is 113 Å². The van der Waals surface area contributed by atoms with Gasteiger partial charge in [0.25, 0.3) is 0 Å². The van der Waals surface area contributed by atoms with E-state index in [1.165, 1.54) is 6.26 Å². The molecule has 4 heteroatoms. The van der Waals surface area contributed by atoms with E-state index in [9.17, 15) is 8.42 Å². The van der Waals surface area contributed by atoms with E-state index in [0.717, 1.165) is 12.8 Å². The Balaban J connectivity index is 2.79. The van der Waals surface area contributed by atoms with Gasteiger partial charge in [-0.05, 0) is 44.9 Å². The number of rotatable bonds is 3. The molecule has 0 heterocycles. The topological polar surface area (TPSA) is 46.2 Å². The molecule has 1 aliphatic rings. The molecule has 1 fully saturated rings. The van der Waals surface area contributed by atoms with E-state index in [1.807, 2.05) is 0 Å². The van der Waals surface area contributed by atoms with Crippen molar-refractivity contribution in [1.82, 2.24) is 5.32 Å². The van der Waals surface area contributed by atoms with Gasteiger partial charge in [-0.2, -0.15) is 0 Å². The lowest BCUT2D eigenvalue weighted by Gasteiger charge is -2.52. The molecule has 108 valence electrons. The van der Waals surface area contributed by atoms with Crippen LogP contribution in [0.15, 0.2) is 0 Å². The molecular formula is C14H29NO2S. The predicted molar refractivity (Wildman–Crippen MR) is 77.5 cm³/mol. The minimum Gasteiger partial charge on any atom is -0.310 e. The molecule has 1 aliphatic carbocycles. The van der Waals surface area contributed by atoms with Crippen LogP contribution >= 0.6 is 0 Å². The van der Waals surface area contributed by atoms with E-state index in [-0.39, 0.29) is 11.0 Å². The molecule has 18 heavy (non-hydrogen) atoms. The summed E-state index contributed by atoms with van der Waals surface area (Å²) in [4.78, 5) is 0. The Morgan fingerprint density at radius 1 is 1.11 bits per heavy atom. The molecule has 1 rings (SSSR count). The van der Waals surface area contributed by atoms with Crippen LogP contribution in [-0.2, 0) is 9.84 Å². The summed E-state index contributed by atoms with van der Waals surface area (Å²) in [6.07, 6.45) is 2.97. The summed E-state index contributed by atoms with van der Waals surface area (Å²) in [7, 11) is -3.01. The molecule has 0 aromatic carbocycles. The zero-order valence-corrected chi connectivity index (χ0v) is 13.7. The highest BCUT2D eigenvalue weighted by molar-refractivity contribution is 7.92. The molecule has 0 aliphatic heterocycles. The van der Waals surface area contributed by atoms with Crippen LogP contribution in [0, 0.1) is 11.3 Å². The van der Waals surface area contributed by atoms with Crippen molar-refractivity contribution in [1.29, 1.82) is 0 Å². The summed E-state index contributed by atoms with van der Waals surface area (Å²) in [6, 6.07) is 0. The van der Waals surface area contributed by atoms with Crippen molar-refractivity contribution in [3.63, 3.8) is 0 Å². The molecule has 3 nitrogen and oxygen atoms in total. The van der Waals surface area contributed by atoms with Crippen molar-refractivity contribution in [2.75, 3.05) is 12.8 Å². The van der Waals surface area contributed by atoms with Gasteiger partial charge in [0.1, 0.15) is 0 Å². The van der Waals surface area contributed by atoms with Gasteiger partial charge >= 0.3 is 0 Å². The molecule has 0 radical (unpaired) electrons. The number of hydrogen-bond donors (Lipinski definition) is 1. The third kappa shape index (κ3) is 3.47. The van der Waals surface area contributed by atoms with E-state index in [2.05, 4.69) is 46.9 Å². The lowest BCUT2D eigenvalue weighted by Crippen LogP contribution is -2.60. The van der Waals surface area contributed by atoms with Crippen molar-refractivity contribution >= 4 is 9.84 Å². The Morgan fingerprint density at radius 3 is 1.83 bits per heavy atom. The molecule has 0 bridgehead atoms. The van der Waals surface area contributed by atoms with E-state index < -0.39 is 14.6 Å². The molecule has 0 saturated heterocycles. The quantitative estimate of drug-likeness (QED) is 0.861. The highest BCUT2D eigenvalue weighted by atomic mass is 32.2. The molecule has 0 atom stereocenters. The van der Waals surface area contributed by atoms with Crippen LogP contribution in [0.1, 0.15) is 54.4 Å². The summed E-state index contributed by atoms with van der Waals surface area (Å²) >= 11 is 0. The Kier molecular flexibility index (Phi) is 3.97. The summed E-state index contributed by atoms with van der Waals surface area (Å²) < 4.78 is 23.6. The molecule has 0 aromatic heterocycles. The SMILES string of the molecule is CC(C)(C)NCC1(S(C)(=O)=O)CC(C(C)(C)C)C1.